The second-order valence-corrected chi connectivity index (χ2v) is 8.39. The molecular weight excluding hydrogens is 500 g/mol. The molecule has 2 aromatic rings. The highest BCUT2D eigenvalue weighted by Crippen LogP contribution is 2.37. The van der Waals surface area contributed by atoms with E-state index in [-0.39, 0.29) is 38.4 Å². The molecule has 0 fully saturated rings. The number of anilines is 2. The maximum Gasteiger partial charge on any atom is 0.341 e. The molecule has 2 aliphatic heterocycles. The van der Waals surface area contributed by atoms with E-state index in [0.717, 1.165) is 16.6 Å². The van der Waals surface area contributed by atoms with E-state index < -0.39 is 35.8 Å². The normalized spacial score (nSPS) is 17.1. The molecule has 10 nitrogen and oxygen atoms in total. The first-order chi connectivity index (χ1) is 17.2. The molecule has 4 rings (SSSR count). The SMILES string of the molecule is NC(=O)N1CN(C(=O)CCO)c2cc(CN3C=CC(OCc4ccc(F)cc4F)N(Cl)C3=O)ccc21. The number of fused-ring (bicyclic) bond motifs is 1. The summed E-state index contributed by atoms with van der Waals surface area (Å²) in [6, 6.07) is 6.66. The predicted octanol–water partition coefficient (Wildman–Crippen LogP) is 2.98. The fraction of sp³-hybridized carbons (Fsp3) is 0.261. The van der Waals surface area contributed by atoms with Crippen molar-refractivity contribution in [1.82, 2.24) is 9.32 Å². The van der Waals surface area contributed by atoms with Crippen LogP contribution in [0.3, 0.4) is 0 Å². The summed E-state index contributed by atoms with van der Waals surface area (Å²) in [6.45, 7) is -0.602. The lowest BCUT2D eigenvalue weighted by atomic mass is 10.1. The number of benzene rings is 2. The first kappa shape index (κ1) is 25.4. The number of amides is 5. The van der Waals surface area contributed by atoms with Crippen LogP contribution in [0.5, 0.6) is 0 Å². The van der Waals surface area contributed by atoms with Gasteiger partial charge in [-0.3, -0.25) is 19.5 Å². The first-order valence-corrected chi connectivity index (χ1v) is 11.1. The van der Waals surface area contributed by atoms with Gasteiger partial charge in [0.1, 0.15) is 18.3 Å². The van der Waals surface area contributed by atoms with Crippen LogP contribution in [0.1, 0.15) is 17.5 Å². The molecule has 0 saturated carbocycles. The number of hydrogen-bond donors (Lipinski definition) is 2. The van der Waals surface area contributed by atoms with Crippen LogP contribution >= 0.6 is 11.8 Å². The molecule has 5 amide bonds. The summed E-state index contributed by atoms with van der Waals surface area (Å²) >= 11 is 6.15. The molecule has 3 N–H and O–H groups in total. The third kappa shape index (κ3) is 5.10. The van der Waals surface area contributed by atoms with Gasteiger partial charge in [-0.25, -0.2) is 22.8 Å². The van der Waals surface area contributed by atoms with Gasteiger partial charge in [0.05, 0.1) is 37.6 Å². The second-order valence-electron chi connectivity index (χ2n) is 8.03. The Kier molecular flexibility index (Phi) is 7.38. The number of carbonyl (C=O) groups is 3. The molecule has 1 atom stereocenters. The standard InChI is InChI=1S/C23H22ClF2N5O5/c24-31-21(36-12-15-2-3-16(25)10-17(15)26)5-7-28(23(31)35)11-14-1-4-18-19(9-14)29(20(33)6-8-32)13-30(18)22(27)34/h1-5,7,9-10,21,32H,6,8,11-13H2,(H2,27,34). The molecule has 0 bridgehead atoms. The number of aliphatic hydroxyl groups excluding tert-OH is 1. The topological polar surface area (TPSA) is 120 Å². The van der Waals surface area contributed by atoms with Crippen molar-refractivity contribution in [1.29, 1.82) is 0 Å². The van der Waals surface area contributed by atoms with Crippen molar-refractivity contribution in [3.8, 4) is 0 Å². The van der Waals surface area contributed by atoms with Crippen LogP contribution in [0.4, 0.5) is 29.7 Å². The van der Waals surface area contributed by atoms with Crippen LogP contribution < -0.4 is 15.5 Å². The highest BCUT2D eigenvalue weighted by Gasteiger charge is 2.34. The van der Waals surface area contributed by atoms with Gasteiger partial charge in [-0.2, -0.15) is 0 Å². The lowest BCUT2D eigenvalue weighted by Gasteiger charge is -2.32. The van der Waals surface area contributed by atoms with Crippen molar-refractivity contribution in [2.75, 3.05) is 23.1 Å². The quantitative estimate of drug-likeness (QED) is 0.543. The van der Waals surface area contributed by atoms with Crippen molar-refractivity contribution in [2.45, 2.75) is 25.8 Å². The van der Waals surface area contributed by atoms with Crippen molar-refractivity contribution >= 4 is 41.1 Å². The van der Waals surface area contributed by atoms with Gasteiger partial charge in [-0.05, 0) is 29.8 Å². The summed E-state index contributed by atoms with van der Waals surface area (Å²) in [5.41, 5.74) is 7.00. The van der Waals surface area contributed by atoms with Gasteiger partial charge >= 0.3 is 12.1 Å². The Balaban J connectivity index is 1.48. The molecule has 0 spiro atoms. The number of ether oxygens (including phenoxy) is 1. The highest BCUT2D eigenvalue weighted by molar-refractivity contribution is 6.21. The van der Waals surface area contributed by atoms with Gasteiger partial charge in [-0.15, -0.1) is 0 Å². The minimum Gasteiger partial charge on any atom is -0.396 e. The number of rotatable bonds is 7. The lowest BCUT2D eigenvalue weighted by Crippen LogP contribution is -2.44. The summed E-state index contributed by atoms with van der Waals surface area (Å²) in [6.07, 6.45) is 1.84. The zero-order valence-corrected chi connectivity index (χ0v) is 19.6. The molecule has 0 aliphatic carbocycles. The van der Waals surface area contributed by atoms with Crippen LogP contribution in [-0.4, -0.2) is 51.9 Å². The zero-order valence-electron chi connectivity index (χ0n) is 18.8. The van der Waals surface area contributed by atoms with E-state index in [1.54, 1.807) is 18.2 Å². The van der Waals surface area contributed by atoms with Crippen molar-refractivity contribution < 1.29 is 33.0 Å². The molecule has 2 heterocycles. The van der Waals surface area contributed by atoms with E-state index in [1.165, 1.54) is 33.0 Å². The Bertz CT molecular complexity index is 1230. The van der Waals surface area contributed by atoms with Crippen LogP contribution in [0.2, 0.25) is 0 Å². The van der Waals surface area contributed by atoms with E-state index in [0.29, 0.717) is 16.9 Å². The summed E-state index contributed by atoms with van der Waals surface area (Å²) in [4.78, 5) is 40.9. The summed E-state index contributed by atoms with van der Waals surface area (Å²) in [5.74, 6) is -1.88. The molecule has 36 heavy (non-hydrogen) atoms. The third-order valence-electron chi connectivity index (χ3n) is 5.66. The summed E-state index contributed by atoms with van der Waals surface area (Å²) < 4.78 is 33.2. The Labute approximate surface area is 209 Å². The molecule has 0 saturated heterocycles. The Morgan fingerprint density at radius 1 is 1.14 bits per heavy atom. The number of hydrogen-bond acceptors (Lipinski definition) is 5. The Morgan fingerprint density at radius 3 is 2.61 bits per heavy atom. The summed E-state index contributed by atoms with van der Waals surface area (Å²) in [7, 11) is 0. The van der Waals surface area contributed by atoms with Gasteiger partial charge in [0, 0.05) is 29.6 Å². The number of carbonyl (C=O) groups excluding carboxylic acids is 3. The van der Waals surface area contributed by atoms with E-state index in [4.69, 9.17) is 27.4 Å². The van der Waals surface area contributed by atoms with Crippen LogP contribution in [0.25, 0.3) is 0 Å². The fourth-order valence-corrected chi connectivity index (χ4v) is 4.06. The van der Waals surface area contributed by atoms with Crippen LogP contribution in [-0.2, 0) is 22.7 Å². The van der Waals surface area contributed by atoms with Gasteiger partial charge < -0.3 is 15.6 Å². The molecule has 13 heteroatoms. The van der Waals surface area contributed by atoms with Crippen LogP contribution in [0.15, 0.2) is 48.7 Å². The summed E-state index contributed by atoms with van der Waals surface area (Å²) in [5, 5.41) is 9.13. The maximum atomic E-state index is 13.8. The number of nitrogens with zero attached hydrogens (tertiary/aromatic N) is 4. The van der Waals surface area contributed by atoms with E-state index in [1.807, 2.05) is 0 Å². The smallest absolute Gasteiger partial charge is 0.341 e. The number of aliphatic hydroxyl groups is 1. The molecule has 2 aliphatic rings. The average molecular weight is 522 g/mol. The molecule has 2 aromatic carbocycles. The Hall–Kier alpha value is -3.74. The fourth-order valence-electron chi connectivity index (χ4n) is 3.84. The van der Waals surface area contributed by atoms with Crippen LogP contribution in [0, 0.1) is 11.6 Å². The van der Waals surface area contributed by atoms with E-state index >= 15 is 0 Å². The van der Waals surface area contributed by atoms with Gasteiger partial charge in [0.15, 0.2) is 6.23 Å². The van der Waals surface area contributed by atoms with Crippen molar-refractivity contribution in [2.24, 2.45) is 5.73 Å². The predicted molar refractivity (Wildman–Crippen MR) is 125 cm³/mol. The Morgan fingerprint density at radius 2 is 1.92 bits per heavy atom. The highest BCUT2D eigenvalue weighted by atomic mass is 35.5. The average Bonchev–Trinajstić information content (AvgIpc) is 3.22. The molecule has 0 radical (unpaired) electrons. The maximum absolute atomic E-state index is 13.8. The number of halogens is 3. The van der Waals surface area contributed by atoms with E-state index in [9.17, 15) is 23.2 Å². The van der Waals surface area contributed by atoms with Crippen molar-refractivity contribution in [3.05, 3.63) is 71.4 Å². The minimum absolute atomic E-state index is 0.0732. The number of urea groups is 2. The lowest BCUT2D eigenvalue weighted by molar-refractivity contribution is -0.119. The molecule has 0 aromatic heterocycles. The largest absolute Gasteiger partial charge is 0.396 e. The van der Waals surface area contributed by atoms with Crippen molar-refractivity contribution in [3.63, 3.8) is 0 Å². The van der Waals surface area contributed by atoms with E-state index in [2.05, 4.69) is 0 Å². The number of nitrogens with two attached hydrogens (primary N) is 1. The monoisotopic (exact) mass is 521 g/mol. The first-order valence-electron chi connectivity index (χ1n) is 10.8. The number of primary amides is 1. The van der Waals surface area contributed by atoms with Gasteiger partial charge in [0.25, 0.3) is 0 Å². The molecule has 1 unspecified atom stereocenters. The molecule has 190 valence electrons. The minimum atomic E-state index is -0.990. The van der Waals surface area contributed by atoms with Gasteiger partial charge in [0.2, 0.25) is 5.91 Å². The second kappa shape index (κ2) is 10.5. The van der Waals surface area contributed by atoms with Gasteiger partial charge in [-0.1, -0.05) is 12.1 Å². The molecular formula is C23H22ClF2N5O5. The third-order valence-corrected chi connectivity index (χ3v) is 5.99. The zero-order chi connectivity index (χ0) is 26.0.